The summed E-state index contributed by atoms with van der Waals surface area (Å²) < 4.78 is 4.44. The predicted molar refractivity (Wildman–Crippen MR) is 65.8 cm³/mol. The molecule has 2 aromatic rings. The monoisotopic (exact) mass is 272 g/mol. The number of H-pyrrole nitrogens is 1. The predicted octanol–water partition coefficient (Wildman–Crippen LogP) is 0.196. The Morgan fingerprint density at radius 1 is 1.50 bits per heavy atom. The maximum absolute atomic E-state index is 11.7. The molecule has 2 aromatic heterocycles. The van der Waals surface area contributed by atoms with Crippen LogP contribution in [0.3, 0.4) is 0 Å². The van der Waals surface area contributed by atoms with Crippen LogP contribution in [0.2, 0.25) is 0 Å². The lowest BCUT2D eigenvalue weighted by molar-refractivity contribution is 0.0589. The zero-order valence-corrected chi connectivity index (χ0v) is 10.2. The highest BCUT2D eigenvalue weighted by Crippen LogP contribution is 2.27. The third-order valence-corrected chi connectivity index (χ3v) is 2.50. The summed E-state index contributed by atoms with van der Waals surface area (Å²) in [5.74, 6) is -1.49. The van der Waals surface area contributed by atoms with Crippen molar-refractivity contribution >= 4 is 5.97 Å². The first-order valence-corrected chi connectivity index (χ1v) is 5.35. The largest absolute Gasteiger partial charge is 0.505 e. The number of aromatic nitrogens is 3. The Kier molecular flexibility index (Phi) is 3.43. The second-order valence-corrected chi connectivity index (χ2v) is 3.66. The lowest BCUT2D eigenvalue weighted by atomic mass is 10.1. The fourth-order valence-corrected chi connectivity index (χ4v) is 1.56. The second-order valence-electron chi connectivity index (χ2n) is 3.66. The minimum absolute atomic E-state index is 0.159. The number of aromatic amines is 1. The van der Waals surface area contributed by atoms with E-state index < -0.39 is 23.0 Å². The Morgan fingerprint density at radius 3 is 2.80 bits per heavy atom. The number of nitrogens with zero attached hydrogens (tertiary/aromatic N) is 3. The number of hydrogen-bond acceptors (Lipinski definition) is 7. The minimum atomic E-state index is -0.887. The standard InChI is InChI=1S/C12H8N4O4/c1-20-12(19)9-10(17)8(11(18)16-15-9)6-2-3-7(4-13)14-5-6/h2-3,5H,1H3,(H2,16,17,18). The molecule has 20 heavy (non-hydrogen) atoms. The number of rotatable bonds is 2. The molecule has 0 aliphatic carbocycles. The van der Waals surface area contributed by atoms with E-state index in [0.717, 1.165) is 7.11 Å². The number of ether oxygens (including phenoxy) is 1. The van der Waals surface area contributed by atoms with Crippen molar-refractivity contribution in [1.82, 2.24) is 15.2 Å². The van der Waals surface area contributed by atoms with Gasteiger partial charge in [-0.05, 0) is 12.1 Å². The van der Waals surface area contributed by atoms with E-state index in [4.69, 9.17) is 5.26 Å². The summed E-state index contributed by atoms with van der Waals surface area (Å²) in [7, 11) is 1.12. The molecule has 2 N–H and O–H groups in total. The highest BCUT2D eigenvalue weighted by molar-refractivity contribution is 5.92. The van der Waals surface area contributed by atoms with Gasteiger partial charge in [0.25, 0.3) is 5.56 Å². The molecule has 0 aromatic carbocycles. The van der Waals surface area contributed by atoms with Crippen LogP contribution < -0.4 is 5.56 Å². The molecule has 0 atom stereocenters. The van der Waals surface area contributed by atoms with Crippen LogP contribution in [0, 0.1) is 11.3 Å². The van der Waals surface area contributed by atoms with E-state index in [9.17, 15) is 14.7 Å². The van der Waals surface area contributed by atoms with Crippen molar-refractivity contribution in [2.75, 3.05) is 7.11 Å². The number of methoxy groups -OCH3 is 1. The first-order valence-electron chi connectivity index (χ1n) is 5.35. The molecule has 0 saturated carbocycles. The molecule has 0 spiro atoms. The molecule has 100 valence electrons. The quantitative estimate of drug-likeness (QED) is 0.746. The van der Waals surface area contributed by atoms with Crippen molar-refractivity contribution in [2.24, 2.45) is 0 Å². The molecular weight excluding hydrogens is 264 g/mol. The summed E-state index contributed by atoms with van der Waals surface area (Å²) in [6, 6.07) is 4.64. The second kappa shape index (κ2) is 5.19. The van der Waals surface area contributed by atoms with Crippen molar-refractivity contribution in [3.8, 4) is 22.9 Å². The molecule has 2 rings (SSSR count). The topological polar surface area (TPSA) is 129 Å². The van der Waals surface area contributed by atoms with E-state index >= 15 is 0 Å². The molecule has 0 saturated heterocycles. The summed E-state index contributed by atoms with van der Waals surface area (Å²) in [4.78, 5) is 26.9. The van der Waals surface area contributed by atoms with Gasteiger partial charge in [-0.25, -0.2) is 14.9 Å². The van der Waals surface area contributed by atoms with Crippen LogP contribution in [0.25, 0.3) is 11.1 Å². The van der Waals surface area contributed by atoms with Gasteiger partial charge in [0.15, 0.2) is 5.75 Å². The lowest BCUT2D eigenvalue weighted by Gasteiger charge is -2.06. The number of pyridine rings is 1. The van der Waals surface area contributed by atoms with Crippen molar-refractivity contribution in [3.05, 3.63) is 40.1 Å². The number of hydrogen-bond donors (Lipinski definition) is 2. The van der Waals surface area contributed by atoms with E-state index in [2.05, 4.69) is 19.9 Å². The number of aromatic hydroxyl groups is 1. The van der Waals surface area contributed by atoms with Gasteiger partial charge in [0.05, 0.1) is 12.7 Å². The average Bonchev–Trinajstić information content (AvgIpc) is 2.47. The van der Waals surface area contributed by atoms with Gasteiger partial charge >= 0.3 is 5.97 Å². The Hall–Kier alpha value is -3.21. The third kappa shape index (κ3) is 2.20. The van der Waals surface area contributed by atoms with E-state index in [1.807, 2.05) is 6.07 Å². The van der Waals surface area contributed by atoms with Crippen molar-refractivity contribution in [1.29, 1.82) is 5.26 Å². The van der Waals surface area contributed by atoms with Gasteiger partial charge in [0.1, 0.15) is 11.8 Å². The first-order chi connectivity index (χ1) is 9.58. The number of nitrogens with one attached hydrogen (secondary N) is 1. The lowest BCUT2D eigenvalue weighted by Crippen LogP contribution is -2.16. The molecule has 2 heterocycles. The number of carbonyl (C=O) groups is 1. The molecule has 0 bridgehead atoms. The SMILES string of the molecule is COC(=O)c1n[nH]c(=O)c(-c2ccc(C#N)nc2)c1O. The summed E-state index contributed by atoms with van der Waals surface area (Å²) in [5.41, 5.74) is -0.868. The zero-order valence-electron chi connectivity index (χ0n) is 10.2. The fourth-order valence-electron chi connectivity index (χ4n) is 1.56. The summed E-state index contributed by atoms with van der Waals surface area (Å²) in [6.45, 7) is 0. The Balaban J connectivity index is 2.64. The van der Waals surface area contributed by atoms with Crippen LogP contribution >= 0.6 is 0 Å². The van der Waals surface area contributed by atoms with Gasteiger partial charge in [-0.1, -0.05) is 0 Å². The highest BCUT2D eigenvalue weighted by Gasteiger charge is 2.21. The molecule has 0 unspecified atom stereocenters. The van der Waals surface area contributed by atoms with Crippen molar-refractivity contribution < 1.29 is 14.6 Å². The van der Waals surface area contributed by atoms with Gasteiger partial charge < -0.3 is 9.84 Å². The maximum Gasteiger partial charge on any atom is 0.362 e. The maximum atomic E-state index is 11.7. The third-order valence-electron chi connectivity index (χ3n) is 2.50. The molecule has 0 aliphatic heterocycles. The van der Waals surface area contributed by atoms with Gasteiger partial charge in [-0.15, -0.1) is 0 Å². The smallest absolute Gasteiger partial charge is 0.362 e. The summed E-state index contributed by atoms with van der Waals surface area (Å²) >= 11 is 0. The van der Waals surface area contributed by atoms with Gasteiger partial charge in [0, 0.05) is 11.8 Å². The highest BCUT2D eigenvalue weighted by atomic mass is 16.5. The Labute approximate surface area is 112 Å². The summed E-state index contributed by atoms with van der Waals surface area (Å²) in [6.07, 6.45) is 1.24. The van der Waals surface area contributed by atoms with Gasteiger partial charge in [-0.2, -0.15) is 10.4 Å². The van der Waals surface area contributed by atoms with E-state index in [0.29, 0.717) is 0 Å². The molecule has 0 aliphatic rings. The van der Waals surface area contributed by atoms with Crippen molar-refractivity contribution in [2.45, 2.75) is 0 Å². The number of esters is 1. The van der Waals surface area contributed by atoms with E-state index in [1.165, 1.54) is 18.3 Å². The zero-order chi connectivity index (χ0) is 14.7. The van der Waals surface area contributed by atoms with Gasteiger partial charge in [-0.3, -0.25) is 4.79 Å². The summed E-state index contributed by atoms with van der Waals surface area (Å²) in [5, 5.41) is 24.2. The molecule has 0 amide bonds. The number of nitriles is 1. The molecule has 8 nitrogen and oxygen atoms in total. The number of carbonyl (C=O) groups excluding carboxylic acids is 1. The van der Waals surface area contributed by atoms with Gasteiger partial charge in [0.2, 0.25) is 5.69 Å². The van der Waals surface area contributed by atoms with Crippen LogP contribution in [0.5, 0.6) is 5.75 Å². The Morgan fingerprint density at radius 2 is 2.25 bits per heavy atom. The molecular formula is C12H8N4O4. The first kappa shape index (κ1) is 13.2. The van der Waals surface area contributed by atoms with Crippen molar-refractivity contribution in [3.63, 3.8) is 0 Å². The van der Waals surface area contributed by atoms with Crippen LogP contribution in [-0.4, -0.2) is 33.4 Å². The van der Waals surface area contributed by atoms with Crippen LogP contribution in [0.4, 0.5) is 0 Å². The molecule has 0 fully saturated rings. The van der Waals surface area contributed by atoms with Crippen LogP contribution in [0.1, 0.15) is 16.2 Å². The normalized spacial score (nSPS) is 9.80. The molecule has 0 radical (unpaired) electrons. The Bertz CT molecular complexity index is 759. The minimum Gasteiger partial charge on any atom is -0.505 e. The van der Waals surface area contributed by atoms with Crippen LogP contribution in [-0.2, 0) is 4.74 Å². The average molecular weight is 272 g/mol. The van der Waals surface area contributed by atoms with E-state index in [-0.39, 0.29) is 16.8 Å². The van der Waals surface area contributed by atoms with Crippen LogP contribution in [0.15, 0.2) is 23.1 Å². The fraction of sp³-hybridized carbons (Fsp3) is 0.0833. The van der Waals surface area contributed by atoms with E-state index in [1.54, 1.807) is 0 Å². The molecule has 8 heteroatoms.